The number of carbonyl (C=O) groups excluding carboxylic acids is 2. The zero-order chi connectivity index (χ0) is 15.9. The van der Waals surface area contributed by atoms with Gasteiger partial charge in [-0.2, -0.15) is 0 Å². The summed E-state index contributed by atoms with van der Waals surface area (Å²) in [5, 5.41) is 2.93. The van der Waals surface area contributed by atoms with Crippen LogP contribution in [0.1, 0.15) is 44.6 Å². The van der Waals surface area contributed by atoms with E-state index >= 15 is 0 Å². The zero-order valence-corrected chi connectivity index (χ0v) is 13.6. The first kappa shape index (κ1) is 15.1. The van der Waals surface area contributed by atoms with Gasteiger partial charge in [-0.05, 0) is 35.8 Å². The van der Waals surface area contributed by atoms with Gasteiger partial charge in [-0.25, -0.2) is 0 Å². The topological polar surface area (TPSA) is 49.4 Å². The summed E-state index contributed by atoms with van der Waals surface area (Å²) in [5.74, 6) is 0.817. The van der Waals surface area contributed by atoms with Crippen molar-refractivity contribution in [1.82, 2.24) is 5.32 Å². The van der Waals surface area contributed by atoms with Gasteiger partial charge in [-0.1, -0.05) is 32.0 Å². The molecule has 1 aliphatic carbocycles. The molecule has 4 heteroatoms. The van der Waals surface area contributed by atoms with Gasteiger partial charge >= 0.3 is 0 Å². The molecule has 2 amide bonds. The van der Waals surface area contributed by atoms with Crippen molar-refractivity contribution in [3.8, 4) is 0 Å². The number of nitrogens with zero attached hydrogens (tertiary/aromatic N) is 1. The Labute approximate surface area is 131 Å². The monoisotopic (exact) mass is 300 g/mol. The SMILES string of the molecule is CC(C)c1ccccc1N(C)C(=O)CC12CNC(=O)C(C1)C2. The highest BCUT2D eigenvalue weighted by Gasteiger charge is 2.52. The van der Waals surface area contributed by atoms with Gasteiger partial charge < -0.3 is 10.2 Å². The second-order valence-electron chi connectivity index (χ2n) is 7.17. The molecule has 118 valence electrons. The lowest BCUT2D eigenvalue weighted by Crippen LogP contribution is -2.59. The predicted octanol–water partition coefficient (Wildman–Crippen LogP) is 2.69. The van der Waals surface area contributed by atoms with E-state index in [9.17, 15) is 9.59 Å². The molecule has 2 bridgehead atoms. The molecule has 0 unspecified atom stereocenters. The number of para-hydroxylation sites is 1. The number of carbonyl (C=O) groups is 2. The second-order valence-corrected chi connectivity index (χ2v) is 7.17. The van der Waals surface area contributed by atoms with E-state index in [0.29, 0.717) is 18.9 Å². The standard InChI is InChI=1S/C18H24N2O2/c1-12(2)14-6-4-5-7-15(14)20(3)16(21)10-18-8-13(9-18)17(22)19-11-18/h4-7,12-13H,8-11H2,1-3H3,(H,19,22). The van der Waals surface area contributed by atoms with Crippen LogP contribution in [0, 0.1) is 11.3 Å². The average Bonchev–Trinajstić information content (AvgIpc) is 2.47. The van der Waals surface area contributed by atoms with E-state index in [4.69, 9.17) is 0 Å². The number of amides is 2. The van der Waals surface area contributed by atoms with Crippen LogP contribution in [-0.4, -0.2) is 25.4 Å². The van der Waals surface area contributed by atoms with Gasteiger partial charge in [-0.15, -0.1) is 0 Å². The van der Waals surface area contributed by atoms with E-state index in [1.807, 2.05) is 25.2 Å². The second kappa shape index (κ2) is 5.41. The molecule has 3 aliphatic rings. The number of benzene rings is 1. The van der Waals surface area contributed by atoms with Crippen LogP contribution in [0.2, 0.25) is 0 Å². The molecule has 1 saturated carbocycles. The fraction of sp³-hybridized carbons (Fsp3) is 0.556. The van der Waals surface area contributed by atoms with E-state index in [1.54, 1.807) is 4.90 Å². The Hall–Kier alpha value is -1.84. The van der Waals surface area contributed by atoms with Crippen molar-refractivity contribution in [2.75, 3.05) is 18.5 Å². The van der Waals surface area contributed by atoms with Gasteiger partial charge in [-0.3, -0.25) is 9.59 Å². The van der Waals surface area contributed by atoms with Crippen molar-refractivity contribution in [1.29, 1.82) is 0 Å². The van der Waals surface area contributed by atoms with E-state index in [0.717, 1.165) is 18.5 Å². The van der Waals surface area contributed by atoms with Crippen LogP contribution in [0.5, 0.6) is 0 Å². The molecule has 2 aliphatic heterocycles. The van der Waals surface area contributed by atoms with Crippen LogP contribution in [0.3, 0.4) is 0 Å². The third-order valence-electron chi connectivity index (χ3n) is 5.19. The molecule has 1 aromatic rings. The number of hydrogen-bond donors (Lipinski definition) is 1. The van der Waals surface area contributed by atoms with Gasteiger partial charge in [0.15, 0.2) is 0 Å². The minimum atomic E-state index is -0.00328. The van der Waals surface area contributed by atoms with Crippen LogP contribution in [0.15, 0.2) is 24.3 Å². The first-order valence-electron chi connectivity index (χ1n) is 8.05. The highest BCUT2D eigenvalue weighted by Crippen LogP contribution is 2.51. The summed E-state index contributed by atoms with van der Waals surface area (Å²) in [6.07, 6.45) is 2.25. The van der Waals surface area contributed by atoms with Crippen molar-refractivity contribution < 1.29 is 9.59 Å². The molecule has 0 spiro atoms. The first-order valence-corrected chi connectivity index (χ1v) is 8.05. The summed E-state index contributed by atoms with van der Waals surface area (Å²) in [5.41, 5.74) is 2.19. The summed E-state index contributed by atoms with van der Waals surface area (Å²) in [6, 6.07) is 8.09. The molecular weight excluding hydrogens is 276 g/mol. The average molecular weight is 300 g/mol. The molecular formula is C18H24N2O2. The lowest BCUT2D eigenvalue weighted by atomic mass is 9.57. The van der Waals surface area contributed by atoms with E-state index in [1.165, 1.54) is 5.56 Å². The molecule has 3 fully saturated rings. The maximum Gasteiger partial charge on any atom is 0.227 e. The summed E-state index contributed by atoms with van der Waals surface area (Å²) < 4.78 is 0. The zero-order valence-electron chi connectivity index (χ0n) is 13.6. The molecule has 0 aromatic heterocycles. The minimum Gasteiger partial charge on any atom is -0.355 e. The Kier molecular flexibility index (Phi) is 3.71. The fourth-order valence-electron chi connectivity index (χ4n) is 3.80. The number of nitrogens with one attached hydrogen (secondary N) is 1. The third-order valence-corrected chi connectivity index (χ3v) is 5.19. The summed E-state index contributed by atoms with van der Waals surface area (Å²) in [4.78, 5) is 26.0. The number of fused-ring (bicyclic) bond motifs is 2. The van der Waals surface area contributed by atoms with Gasteiger partial charge in [0, 0.05) is 31.6 Å². The molecule has 1 aromatic carbocycles. The van der Waals surface area contributed by atoms with Crippen molar-refractivity contribution >= 4 is 17.5 Å². The van der Waals surface area contributed by atoms with Crippen molar-refractivity contribution in [3.63, 3.8) is 0 Å². The van der Waals surface area contributed by atoms with E-state index in [2.05, 4.69) is 25.2 Å². The Balaban J connectivity index is 1.72. The molecule has 0 radical (unpaired) electrons. The van der Waals surface area contributed by atoms with E-state index < -0.39 is 0 Å². The molecule has 4 nitrogen and oxygen atoms in total. The van der Waals surface area contributed by atoms with Gasteiger partial charge in [0.1, 0.15) is 0 Å². The van der Waals surface area contributed by atoms with Gasteiger partial charge in [0.05, 0.1) is 0 Å². The number of rotatable bonds is 4. The minimum absolute atomic E-state index is 0.00328. The molecule has 22 heavy (non-hydrogen) atoms. The number of piperidine rings is 2. The lowest BCUT2D eigenvalue weighted by Gasteiger charge is -2.51. The third kappa shape index (κ3) is 2.51. The van der Waals surface area contributed by atoms with Gasteiger partial charge in [0.2, 0.25) is 11.8 Å². The van der Waals surface area contributed by atoms with Gasteiger partial charge in [0.25, 0.3) is 0 Å². The Morgan fingerprint density at radius 1 is 1.36 bits per heavy atom. The predicted molar refractivity (Wildman–Crippen MR) is 86.7 cm³/mol. The fourth-order valence-corrected chi connectivity index (χ4v) is 3.80. The Morgan fingerprint density at radius 2 is 2.05 bits per heavy atom. The molecule has 0 atom stereocenters. The van der Waals surface area contributed by atoms with Crippen LogP contribution >= 0.6 is 0 Å². The number of hydrogen-bond acceptors (Lipinski definition) is 2. The quantitative estimate of drug-likeness (QED) is 0.929. The van der Waals surface area contributed by atoms with Crippen LogP contribution in [-0.2, 0) is 9.59 Å². The lowest BCUT2D eigenvalue weighted by molar-refractivity contribution is -0.144. The van der Waals surface area contributed by atoms with Crippen LogP contribution in [0.4, 0.5) is 5.69 Å². The molecule has 4 rings (SSSR count). The van der Waals surface area contributed by atoms with E-state index in [-0.39, 0.29) is 23.1 Å². The van der Waals surface area contributed by atoms with Crippen LogP contribution in [0.25, 0.3) is 0 Å². The Bertz CT molecular complexity index is 597. The number of anilines is 1. The summed E-state index contributed by atoms with van der Waals surface area (Å²) in [7, 11) is 1.86. The molecule has 2 heterocycles. The highest BCUT2D eigenvalue weighted by atomic mass is 16.2. The summed E-state index contributed by atoms with van der Waals surface area (Å²) >= 11 is 0. The summed E-state index contributed by atoms with van der Waals surface area (Å²) in [6.45, 7) is 4.93. The first-order chi connectivity index (χ1) is 10.4. The highest BCUT2D eigenvalue weighted by molar-refractivity contribution is 5.94. The smallest absolute Gasteiger partial charge is 0.227 e. The van der Waals surface area contributed by atoms with Crippen molar-refractivity contribution in [2.24, 2.45) is 11.3 Å². The maximum absolute atomic E-state index is 12.7. The van der Waals surface area contributed by atoms with Crippen LogP contribution < -0.4 is 10.2 Å². The molecule has 2 saturated heterocycles. The maximum atomic E-state index is 12.7. The normalized spacial score (nSPS) is 26.4. The van der Waals surface area contributed by atoms with Crippen molar-refractivity contribution in [2.45, 2.75) is 39.0 Å². The largest absolute Gasteiger partial charge is 0.355 e. The molecule has 1 N–H and O–H groups in total. The Morgan fingerprint density at radius 3 is 2.64 bits per heavy atom. The van der Waals surface area contributed by atoms with Crippen molar-refractivity contribution in [3.05, 3.63) is 29.8 Å².